The van der Waals surface area contributed by atoms with Crippen LogP contribution in [-0.4, -0.2) is 30.0 Å². The Balaban J connectivity index is 2.12. The van der Waals surface area contributed by atoms with E-state index in [2.05, 4.69) is 15.2 Å². The van der Waals surface area contributed by atoms with E-state index in [-0.39, 0.29) is 11.9 Å². The van der Waals surface area contributed by atoms with Crippen LogP contribution in [0, 0.1) is 0 Å². The maximum Gasteiger partial charge on any atom is 0.242 e. The zero-order chi connectivity index (χ0) is 13.4. The van der Waals surface area contributed by atoms with Crippen LogP contribution in [0.4, 0.5) is 11.4 Å². The molecule has 2 heterocycles. The fraction of sp³-hybridized carbons (Fsp3) is 0.286. The SMILES string of the molecule is CC1C(=O)NCCN1c1ccnc2cc(N)ccc12. The summed E-state index contributed by atoms with van der Waals surface area (Å²) in [5.74, 6) is 0.0617. The van der Waals surface area contributed by atoms with Gasteiger partial charge in [0.2, 0.25) is 5.91 Å². The zero-order valence-electron chi connectivity index (χ0n) is 10.8. The van der Waals surface area contributed by atoms with Gasteiger partial charge in [-0.1, -0.05) is 0 Å². The van der Waals surface area contributed by atoms with Gasteiger partial charge in [0.15, 0.2) is 0 Å². The second kappa shape index (κ2) is 4.42. The van der Waals surface area contributed by atoms with Gasteiger partial charge < -0.3 is 16.0 Å². The number of anilines is 2. The van der Waals surface area contributed by atoms with Crippen LogP contribution in [0.15, 0.2) is 30.5 Å². The van der Waals surface area contributed by atoms with Crippen molar-refractivity contribution in [2.45, 2.75) is 13.0 Å². The van der Waals surface area contributed by atoms with Crippen LogP contribution >= 0.6 is 0 Å². The minimum Gasteiger partial charge on any atom is -0.399 e. The smallest absolute Gasteiger partial charge is 0.242 e. The lowest BCUT2D eigenvalue weighted by Crippen LogP contribution is -2.54. The van der Waals surface area contributed by atoms with Crippen molar-refractivity contribution in [1.29, 1.82) is 0 Å². The van der Waals surface area contributed by atoms with Gasteiger partial charge in [-0.3, -0.25) is 9.78 Å². The van der Waals surface area contributed by atoms with Crippen molar-refractivity contribution in [3.63, 3.8) is 0 Å². The Labute approximate surface area is 111 Å². The summed E-state index contributed by atoms with van der Waals surface area (Å²) < 4.78 is 0. The summed E-state index contributed by atoms with van der Waals surface area (Å²) in [6.45, 7) is 3.39. The van der Waals surface area contributed by atoms with Crippen LogP contribution in [0.5, 0.6) is 0 Å². The number of rotatable bonds is 1. The summed E-state index contributed by atoms with van der Waals surface area (Å²) >= 11 is 0. The minimum atomic E-state index is -0.170. The molecule has 0 spiro atoms. The molecular weight excluding hydrogens is 240 g/mol. The summed E-state index contributed by atoms with van der Waals surface area (Å²) in [6, 6.07) is 7.46. The van der Waals surface area contributed by atoms with Crippen molar-refractivity contribution in [3.8, 4) is 0 Å². The number of carbonyl (C=O) groups excluding carboxylic acids is 1. The molecule has 1 aliphatic heterocycles. The lowest BCUT2D eigenvalue weighted by molar-refractivity contribution is -0.122. The van der Waals surface area contributed by atoms with E-state index in [4.69, 9.17) is 5.73 Å². The first-order chi connectivity index (χ1) is 9.16. The first kappa shape index (κ1) is 11.8. The Morgan fingerprint density at radius 1 is 1.42 bits per heavy atom. The van der Waals surface area contributed by atoms with Gasteiger partial charge in [-0.05, 0) is 31.2 Å². The Kier molecular flexibility index (Phi) is 2.74. The number of fused-ring (bicyclic) bond motifs is 1. The van der Waals surface area contributed by atoms with E-state index < -0.39 is 0 Å². The van der Waals surface area contributed by atoms with Gasteiger partial charge in [0, 0.05) is 36.0 Å². The molecular formula is C14H16N4O. The Bertz CT molecular complexity index is 640. The van der Waals surface area contributed by atoms with E-state index in [9.17, 15) is 4.79 Å². The van der Waals surface area contributed by atoms with Gasteiger partial charge in [0.25, 0.3) is 0 Å². The summed E-state index contributed by atoms with van der Waals surface area (Å²) in [4.78, 5) is 18.2. The van der Waals surface area contributed by atoms with Gasteiger partial charge in [-0.25, -0.2) is 0 Å². The van der Waals surface area contributed by atoms with Crippen LogP contribution in [0.25, 0.3) is 10.9 Å². The van der Waals surface area contributed by atoms with E-state index in [0.717, 1.165) is 23.1 Å². The average molecular weight is 256 g/mol. The number of nitrogens with two attached hydrogens (primary N) is 1. The molecule has 19 heavy (non-hydrogen) atoms. The fourth-order valence-electron chi connectivity index (χ4n) is 2.51. The zero-order valence-corrected chi connectivity index (χ0v) is 10.8. The van der Waals surface area contributed by atoms with Crippen LogP contribution in [0.1, 0.15) is 6.92 Å². The molecule has 3 N–H and O–H groups in total. The molecule has 1 aromatic carbocycles. The molecule has 2 aromatic rings. The standard InChI is InChI=1S/C14H16N4O/c1-9-14(19)17-6-7-18(9)13-4-5-16-12-8-10(15)2-3-11(12)13/h2-5,8-9H,6-7,15H2,1H3,(H,17,19). The molecule has 1 aromatic heterocycles. The van der Waals surface area contributed by atoms with Crippen LogP contribution in [0.3, 0.4) is 0 Å². The average Bonchev–Trinajstić information content (AvgIpc) is 2.41. The quantitative estimate of drug-likeness (QED) is 0.751. The summed E-state index contributed by atoms with van der Waals surface area (Å²) in [5.41, 5.74) is 8.37. The number of nitrogens with one attached hydrogen (secondary N) is 1. The first-order valence-electron chi connectivity index (χ1n) is 6.35. The fourth-order valence-corrected chi connectivity index (χ4v) is 2.51. The number of nitrogen functional groups attached to an aromatic ring is 1. The van der Waals surface area contributed by atoms with Crippen LogP contribution < -0.4 is 16.0 Å². The number of nitrogens with zero attached hydrogens (tertiary/aromatic N) is 2. The number of hydrogen-bond donors (Lipinski definition) is 2. The lowest BCUT2D eigenvalue weighted by Gasteiger charge is -2.35. The molecule has 1 atom stereocenters. The highest BCUT2D eigenvalue weighted by Crippen LogP contribution is 2.28. The van der Waals surface area contributed by atoms with Crippen molar-refractivity contribution in [3.05, 3.63) is 30.5 Å². The van der Waals surface area contributed by atoms with Crippen LogP contribution in [-0.2, 0) is 4.79 Å². The number of piperazine rings is 1. The topological polar surface area (TPSA) is 71.2 Å². The first-order valence-corrected chi connectivity index (χ1v) is 6.35. The van der Waals surface area contributed by atoms with Crippen molar-refractivity contribution in [2.75, 3.05) is 23.7 Å². The van der Waals surface area contributed by atoms with E-state index in [1.54, 1.807) is 6.20 Å². The van der Waals surface area contributed by atoms with E-state index >= 15 is 0 Å². The van der Waals surface area contributed by atoms with Gasteiger partial charge >= 0.3 is 0 Å². The molecule has 1 unspecified atom stereocenters. The summed E-state index contributed by atoms with van der Waals surface area (Å²) in [7, 11) is 0. The number of amides is 1. The molecule has 5 nitrogen and oxygen atoms in total. The number of pyridine rings is 1. The van der Waals surface area contributed by atoms with Gasteiger partial charge in [-0.15, -0.1) is 0 Å². The predicted molar refractivity (Wildman–Crippen MR) is 76.0 cm³/mol. The second-order valence-corrected chi connectivity index (χ2v) is 4.77. The maximum atomic E-state index is 11.8. The summed E-state index contributed by atoms with van der Waals surface area (Å²) in [6.07, 6.45) is 1.76. The number of hydrogen-bond acceptors (Lipinski definition) is 4. The van der Waals surface area contributed by atoms with Crippen molar-refractivity contribution in [2.24, 2.45) is 0 Å². The Hall–Kier alpha value is -2.30. The van der Waals surface area contributed by atoms with Crippen molar-refractivity contribution >= 4 is 28.2 Å². The van der Waals surface area contributed by atoms with Gasteiger partial charge in [0.05, 0.1) is 5.52 Å². The maximum absolute atomic E-state index is 11.8. The highest BCUT2D eigenvalue weighted by Gasteiger charge is 2.26. The predicted octanol–water partition coefficient (Wildman–Crippen LogP) is 1.14. The van der Waals surface area contributed by atoms with Crippen molar-refractivity contribution < 1.29 is 4.79 Å². The Morgan fingerprint density at radius 3 is 3.11 bits per heavy atom. The van der Waals surface area contributed by atoms with Gasteiger partial charge in [0.1, 0.15) is 6.04 Å². The van der Waals surface area contributed by atoms with E-state index in [1.807, 2.05) is 31.2 Å². The largest absolute Gasteiger partial charge is 0.399 e. The summed E-state index contributed by atoms with van der Waals surface area (Å²) in [5, 5.41) is 3.90. The third-order valence-electron chi connectivity index (χ3n) is 3.55. The molecule has 0 radical (unpaired) electrons. The number of benzene rings is 1. The van der Waals surface area contributed by atoms with E-state index in [1.165, 1.54) is 0 Å². The minimum absolute atomic E-state index is 0.0617. The molecule has 1 amide bonds. The van der Waals surface area contributed by atoms with Gasteiger partial charge in [-0.2, -0.15) is 0 Å². The highest BCUT2D eigenvalue weighted by atomic mass is 16.2. The molecule has 3 rings (SSSR count). The third-order valence-corrected chi connectivity index (χ3v) is 3.55. The molecule has 0 aliphatic carbocycles. The van der Waals surface area contributed by atoms with Crippen molar-refractivity contribution in [1.82, 2.24) is 10.3 Å². The molecule has 0 bridgehead atoms. The second-order valence-electron chi connectivity index (χ2n) is 4.77. The number of aromatic nitrogens is 1. The molecule has 1 saturated heterocycles. The Morgan fingerprint density at radius 2 is 2.26 bits per heavy atom. The molecule has 98 valence electrons. The van der Waals surface area contributed by atoms with E-state index in [0.29, 0.717) is 12.2 Å². The normalized spacial score (nSPS) is 19.5. The molecule has 1 aliphatic rings. The highest BCUT2D eigenvalue weighted by molar-refractivity contribution is 5.96. The monoisotopic (exact) mass is 256 g/mol. The molecule has 0 saturated carbocycles. The molecule has 1 fully saturated rings. The lowest BCUT2D eigenvalue weighted by atomic mass is 10.1. The molecule has 5 heteroatoms. The van der Waals surface area contributed by atoms with Crippen LogP contribution in [0.2, 0.25) is 0 Å². The third kappa shape index (κ3) is 1.97. The number of carbonyl (C=O) groups is 1.